The summed E-state index contributed by atoms with van der Waals surface area (Å²) in [4.78, 5) is 15.0. The Hall–Kier alpha value is -2.14. The molecular formula is C20H28N4O. The van der Waals surface area contributed by atoms with Crippen molar-refractivity contribution in [2.75, 3.05) is 27.2 Å². The van der Waals surface area contributed by atoms with Gasteiger partial charge in [0.2, 0.25) is 0 Å². The Kier molecular flexibility index (Phi) is 5.23. The molecule has 1 aromatic heterocycles. The number of benzene rings is 1. The molecule has 0 aliphatic heterocycles. The lowest BCUT2D eigenvalue weighted by Crippen LogP contribution is -2.32. The van der Waals surface area contributed by atoms with Crippen molar-refractivity contribution in [3.05, 3.63) is 47.3 Å². The summed E-state index contributed by atoms with van der Waals surface area (Å²) in [6.45, 7) is 5.73. The second-order valence-corrected chi connectivity index (χ2v) is 7.38. The van der Waals surface area contributed by atoms with Crippen molar-refractivity contribution < 1.29 is 4.79 Å². The van der Waals surface area contributed by atoms with E-state index in [9.17, 15) is 4.79 Å². The Balaban J connectivity index is 2.00. The van der Waals surface area contributed by atoms with Crippen LogP contribution in [0.3, 0.4) is 0 Å². The Morgan fingerprint density at radius 3 is 2.52 bits per heavy atom. The van der Waals surface area contributed by atoms with E-state index in [1.807, 2.05) is 49.1 Å². The molecule has 0 bridgehead atoms. The minimum atomic E-state index is 0.00892. The number of amides is 1. The van der Waals surface area contributed by atoms with Crippen LogP contribution in [0.4, 0.5) is 0 Å². The van der Waals surface area contributed by atoms with Crippen molar-refractivity contribution in [2.24, 2.45) is 0 Å². The van der Waals surface area contributed by atoms with Gasteiger partial charge in [-0.3, -0.25) is 4.79 Å². The molecule has 0 radical (unpaired) electrons. The van der Waals surface area contributed by atoms with E-state index in [2.05, 4.69) is 24.1 Å². The van der Waals surface area contributed by atoms with Crippen LogP contribution in [-0.4, -0.2) is 47.8 Å². The molecule has 3 rings (SSSR count). The minimum absolute atomic E-state index is 0.00892. The number of hydrogen-bond acceptors (Lipinski definition) is 3. The number of aromatic nitrogens is 2. The molecule has 1 saturated carbocycles. The van der Waals surface area contributed by atoms with E-state index in [0.29, 0.717) is 12.5 Å². The monoisotopic (exact) mass is 340 g/mol. The number of rotatable bonds is 7. The Morgan fingerprint density at radius 1 is 1.28 bits per heavy atom. The Labute approximate surface area is 150 Å². The van der Waals surface area contributed by atoms with E-state index >= 15 is 0 Å². The van der Waals surface area contributed by atoms with Crippen LogP contribution in [-0.2, 0) is 0 Å². The van der Waals surface area contributed by atoms with E-state index in [-0.39, 0.29) is 11.8 Å². The normalized spacial score (nSPS) is 14.3. The zero-order valence-corrected chi connectivity index (χ0v) is 15.6. The van der Waals surface area contributed by atoms with Crippen molar-refractivity contribution >= 4 is 5.91 Å². The lowest BCUT2D eigenvalue weighted by molar-refractivity contribution is 0.0948. The first-order valence-corrected chi connectivity index (χ1v) is 9.10. The molecule has 1 aliphatic carbocycles. The van der Waals surface area contributed by atoms with Gasteiger partial charge >= 0.3 is 0 Å². The topological polar surface area (TPSA) is 50.2 Å². The lowest BCUT2D eigenvalue weighted by atomic mass is 10.0. The maximum absolute atomic E-state index is 13.0. The molecule has 1 N–H and O–H groups in total. The summed E-state index contributed by atoms with van der Waals surface area (Å²) < 4.78 is 1.97. The maximum Gasteiger partial charge on any atom is 0.255 e. The first-order valence-electron chi connectivity index (χ1n) is 9.10. The average Bonchev–Trinajstić information content (AvgIpc) is 3.34. The van der Waals surface area contributed by atoms with Gasteiger partial charge in [0.25, 0.3) is 5.91 Å². The molecule has 1 aromatic carbocycles. The molecule has 1 fully saturated rings. The molecule has 0 atom stereocenters. The standard InChI is InChI=1S/C20H28N4O/c1-14(2)19-17(20(25)21-12-13-23(3)4)18(15-10-11-15)22-24(19)16-8-6-5-7-9-16/h5-9,14-15H,10-13H2,1-4H3,(H,21,25). The van der Waals surface area contributed by atoms with Crippen LogP contribution in [0.5, 0.6) is 0 Å². The van der Waals surface area contributed by atoms with Crippen LogP contribution in [0.1, 0.15) is 60.3 Å². The minimum Gasteiger partial charge on any atom is -0.351 e. The van der Waals surface area contributed by atoms with Gasteiger partial charge in [0.1, 0.15) is 0 Å². The number of nitrogens with one attached hydrogen (secondary N) is 1. The first kappa shape index (κ1) is 17.7. The van der Waals surface area contributed by atoms with Gasteiger partial charge in [0, 0.05) is 19.0 Å². The summed E-state index contributed by atoms with van der Waals surface area (Å²) in [5, 5.41) is 7.95. The summed E-state index contributed by atoms with van der Waals surface area (Å²) >= 11 is 0. The van der Waals surface area contributed by atoms with E-state index < -0.39 is 0 Å². The largest absolute Gasteiger partial charge is 0.351 e. The van der Waals surface area contributed by atoms with Crippen LogP contribution < -0.4 is 5.32 Å². The maximum atomic E-state index is 13.0. The third-order valence-corrected chi connectivity index (χ3v) is 4.53. The van der Waals surface area contributed by atoms with Gasteiger partial charge in [0.15, 0.2) is 0 Å². The smallest absolute Gasteiger partial charge is 0.255 e. The summed E-state index contributed by atoms with van der Waals surface area (Å²) in [5.74, 6) is 0.654. The fourth-order valence-electron chi connectivity index (χ4n) is 3.10. The van der Waals surface area contributed by atoms with Crippen LogP contribution in [0, 0.1) is 0 Å². The van der Waals surface area contributed by atoms with Gasteiger partial charge in [-0.25, -0.2) is 4.68 Å². The molecule has 0 unspecified atom stereocenters. The molecule has 0 spiro atoms. The molecule has 5 heteroatoms. The SMILES string of the molecule is CC(C)c1c(C(=O)NCCN(C)C)c(C2CC2)nn1-c1ccccc1. The molecule has 2 aromatic rings. The van der Waals surface area contributed by atoms with Crippen molar-refractivity contribution in [2.45, 2.75) is 38.5 Å². The van der Waals surface area contributed by atoms with Crippen LogP contribution in [0.25, 0.3) is 5.69 Å². The van der Waals surface area contributed by atoms with Gasteiger partial charge in [-0.1, -0.05) is 32.0 Å². The summed E-state index contributed by atoms with van der Waals surface area (Å²) in [6.07, 6.45) is 2.25. The summed E-state index contributed by atoms with van der Waals surface area (Å²) in [6, 6.07) is 10.1. The number of nitrogens with zero attached hydrogens (tertiary/aromatic N) is 3. The molecule has 1 aliphatic rings. The predicted molar refractivity (Wildman–Crippen MR) is 101 cm³/mol. The predicted octanol–water partition coefficient (Wildman–Crippen LogP) is 3.16. The van der Waals surface area contributed by atoms with Gasteiger partial charge in [0.05, 0.1) is 22.6 Å². The number of carbonyl (C=O) groups excluding carboxylic acids is 1. The fraction of sp³-hybridized carbons (Fsp3) is 0.500. The number of para-hydroxylation sites is 1. The quantitative estimate of drug-likeness (QED) is 0.842. The highest BCUT2D eigenvalue weighted by atomic mass is 16.1. The molecule has 134 valence electrons. The molecule has 5 nitrogen and oxygen atoms in total. The van der Waals surface area contributed by atoms with Crippen LogP contribution >= 0.6 is 0 Å². The summed E-state index contributed by atoms with van der Waals surface area (Å²) in [7, 11) is 4.02. The van der Waals surface area contributed by atoms with Crippen molar-refractivity contribution in [1.82, 2.24) is 20.0 Å². The van der Waals surface area contributed by atoms with Gasteiger partial charge in [-0.05, 0) is 45.0 Å². The highest BCUT2D eigenvalue weighted by molar-refractivity contribution is 5.97. The van der Waals surface area contributed by atoms with E-state index in [4.69, 9.17) is 5.10 Å². The lowest BCUT2D eigenvalue weighted by Gasteiger charge is -2.14. The Bertz CT molecular complexity index is 730. The van der Waals surface area contributed by atoms with E-state index in [0.717, 1.165) is 42.0 Å². The van der Waals surface area contributed by atoms with Gasteiger partial charge in [-0.2, -0.15) is 5.10 Å². The van der Waals surface area contributed by atoms with Crippen molar-refractivity contribution in [3.63, 3.8) is 0 Å². The van der Waals surface area contributed by atoms with Crippen LogP contribution in [0.15, 0.2) is 30.3 Å². The van der Waals surface area contributed by atoms with Crippen molar-refractivity contribution in [1.29, 1.82) is 0 Å². The second-order valence-electron chi connectivity index (χ2n) is 7.38. The third kappa shape index (κ3) is 3.93. The second kappa shape index (κ2) is 7.40. The van der Waals surface area contributed by atoms with E-state index in [1.54, 1.807) is 0 Å². The van der Waals surface area contributed by atoms with Crippen LogP contribution in [0.2, 0.25) is 0 Å². The molecule has 0 saturated heterocycles. The number of hydrogen-bond donors (Lipinski definition) is 1. The van der Waals surface area contributed by atoms with Gasteiger partial charge < -0.3 is 10.2 Å². The number of carbonyl (C=O) groups is 1. The zero-order chi connectivity index (χ0) is 18.0. The van der Waals surface area contributed by atoms with Gasteiger partial charge in [-0.15, -0.1) is 0 Å². The van der Waals surface area contributed by atoms with E-state index in [1.165, 1.54) is 0 Å². The Morgan fingerprint density at radius 2 is 1.96 bits per heavy atom. The third-order valence-electron chi connectivity index (χ3n) is 4.53. The number of likely N-dealkylation sites (N-methyl/N-ethyl adjacent to an activating group) is 1. The highest BCUT2D eigenvalue weighted by Gasteiger charge is 2.35. The van der Waals surface area contributed by atoms with Crippen molar-refractivity contribution in [3.8, 4) is 5.69 Å². The average molecular weight is 340 g/mol. The molecule has 1 heterocycles. The first-order chi connectivity index (χ1) is 12.0. The molecular weight excluding hydrogens is 312 g/mol. The molecule has 25 heavy (non-hydrogen) atoms. The summed E-state index contributed by atoms with van der Waals surface area (Å²) in [5.41, 5.74) is 3.78. The molecule has 1 amide bonds. The highest BCUT2D eigenvalue weighted by Crippen LogP contribution is 2.43. The zero-order valence-electron chi connectivity index (χ0n) is 15.6. The fourth-order valence-corrected chi connectivity index (χ4v) is 3.10.